The molecule has 2 amide bonds. The molecule has 0 aliphatic carbocycles. The van der Waals surface area contributed by atoms with Crippen molar-refractivity contribution in [3.8, 4) is 0 Å². The predicted octanol–water partition coefficient (Wildman–Crippen LogP) is 4.52. The van der Waals surface area contributed by atoms with Crippen LogP contribution in [0, 0.1) is 0 Å². The first-order valence-corrected chi connectivity index (χ1v) is 11.0. The van der Waals surface area contributed by atoms with Crippen LogP contribution >= 0.6 is 22.7 Å². The van der Waals surface area contributed by atoms with E-state index in [1.807, 2.05) is 18.5 Å². The summed E-state index contributed by atoms with van der Waals surface area (Å²) in [4.78, 5) is 38.8. The number of Topliss-reactive ketones (excluding diaryl/α,β-unsaturated/α-hetero) is 1. The molecule has 2 rings (SSSR count). The summed E-state index contributed by atoms with van der Waals surface area (Å²) >= 11 is 3.23. The van der Waals surface area contributed by atoms with Gasteiger partial charge in [0.05, 0.1) is 4.88 Å². The molecule has 0 aromatic carbocycles. The molecule has 2 aromatic heterocycles. The lowest BCUT2D eigenvalue weighted by atomic mass is 10.1. The number of hydrogen-bond acceptors (Lipinski definition) is 5. The molecular formula is C21H30N2O3S2. The quantitative estimate of drug-likeness (QED) is 0.588. The van der Waals surface area contributed by atoms with E-state index >= 15 is 0 Å². The Morgan fingerprint density at radius 1 is 0.929 bits per heavy atom. The zero-order valence-corrected chi connectivity index (χ0v) is 18.9. The molecule has 28 heavy (non-hydrogen) atoms. The molecule has 1 atom stereocenters. The Kier molecular flexibility index (Phi) is 10.7. The van der Waals surface area contributed by atoms with Crippen LogP contribution in [0.4, 0.5) is 0 Å². The minimum Gasteiger partial charge on any atom is -0.346 e. The molecule has 2 aromatic rings. The Morgan fingerprint density at radius 2 is 1.50 bits per heavy atom. The number of carbonyl (C=O) groups excluding carboxylic acids is 3. The van der Waals surface area contributed by atoms with Crippen molar-refractivity contribution in [3.63, 3.8) is 0 Å². The zero-order valence-electron chi connectivity index (χ0n) is 17.3. The molecule has 154 valence electrons. The summed E-state index contributed by atoms with van der Waals surface area (Å²) in [5.41, 5.74) is 0. The second-order valence-corrected chi connectivity index (χ2v) is 8.66. The third kappa shape index (κ3) is 8.80. The lowest BCUT2D eigenvalue weighted by Crippen LogP contribution is -2.26. The maximum Gasteiger partial charge on any atom is 0.219 e. The van der Waals surface area contributed by atoms with Gasteiger partial charge < -0.3 is 9.80 Å². The average molecular weight is 423 g/mol. The van der Waals surface area contributed by atoms with Crippen molar-refractivity contribution in [1.29, 1.82) is 0 Å². The minimum absolute atomic E-state index is 0.0102. The number of rotatable bonds is 8. The van der Waals surface area contributed by atoms with Gasteiger partial charge >= 0.3 is 0 Å². The summed E-state index contributed by atoms with van der Waals surface area (Å²) in [6.07, 6.45) is 1.44. The number of carbonyl (C=O) groups is 3. The van der Waals surface area contributed by atoms with Crippen LogP contribution in [0.2, 0.25) is 0 Å². The van der Waals surface area contributed by atoms with Crippen LogP contribution < -0.4 is 0 Å². The second kappa shape index (κ2) is 12.5. The fourth-order valence-corrected chi connectivity index (χ4v) is 3.76. The third-order valence-electron chi connectivity index (χ3n) is 4.47. The van der Waals surface area contributed by atoms with Gasteiger partial charge in [0, 0.05) is 52.3 Å². The molecule has 0 radical (unpaired) electrons. The molecule has 0 spiro atoms. The molecule has 0 N–H and O–H groups in total. The highest BCUT2D eigenvalue weighted by Gasteiger charge is 2.10. The van der Waals surface area contributed by atoms with E-state index in [0.29, 0.717) is 18.9 Å². The van der Waals surface area contributed by atoms with Gasteiger partial charge in [0.2, 0.25) is 11.8 Å². The van der Waals surface area contributed by atoms with Crippen molar-refractivity contribution in [2.24, 2.45) is 0 Å². The molecule has 0 aliphatic heterocycles. The summed E-state index contributed by atoms with van der Waals surface area (Å²) in [5.74, 6) is 0.789. The normalized spacial score (nSPS) is 11.2. The highest BCUT2D eigenvalue weighted by molar-refractivity contribution is 7.12. The summed E-state index contributed by atoms with van der Waals surface area (Å²) < 4.78 is 0. The first-order chi connectivity index (χ1) is 13.2. The number of hydrogen-bond donors (Lipinski definition) is 0. The smallest absolute Gasteiger partial charge is 0.219 e. The van der Waals surface area contributed by atoms with Crippen molar-refractivity contribution in [1.82, 2.24) is 9.80 Å². The van der Waals surface area contributed by atoms with Gasteiger partial charge in [0.1, 0.15) is 0 Å². The predicted molar refractivity (Wildman–Crippen MR) is 117 cm³/mol. The Hall–Kier alpha value is -1.99. The molecule has 5 nitrogen and oxygen atoms in total. The number of nitrogens with zero attached hydrogens (tertiary/aromatic N) is 2. The van der Waals surface area contributed by atoms with Crippen molar-refractivity contribution in [3.05, 3.63) is 44.8 Å². The first-order valence-electron chi connectivity index (χ1n) is 9.25. The van der Waals surface area contributed by atoms with Gasteiger partial charge in [-0.15, -0.1) is 22.7 Å². The largest absolute Gasteiger partial charge is 0.346 e. The van der Waals surface area contributed by atoms with Gasteiger partial charge in [-0.1, -0.05) is 19.1 Å². The van der Waals surface area contributed by atoms with Gasteiger partial charge in [0.25, 0.3) is 0 Å². The van der Waals surface area contributed by atoms with Crippen LogP contribution in [0.3, 0.4) is 0 Å². The molecule has 0 saturated carbocycles. The fourth-order valence-electron chi connectivity index (χ4n) is 2.25. The summed E-state index contributed by atoms with van der Waals surface area (Å²) in [7, 11) is 3.55. The molecule has 0 fully saturated rings. The van der Waals surface area contributed by atoms with Gasteiger partial charge in [-0.3, -0.25) is 14.4 Å². The van der Waals surface area contributed by atoms with Gasteiger partial charge in [-0.05, 0) is 35.2 Å². The number of amides is 2. The zero-order chi connectivity index (χ0) is 21.1. The Labute approximate surface area is 176 Å². The molecule has 0 bridgehead atoms. The highest BCUT2D eigenvalue weighted by Crippen LogP contribution is 2.23. The Bertz CT molecular complexity index is 727. The molecule has 0 aliphatic rings. The Morgan fingerprint density at radius 3 is 2.00 bits per heavy atom. The number of thiophene rings is 2. The van der Waals surface area contributed by atoms with Crippen LogP contribution in [0.15, 0.2) is 35.0 Å². The molecule has 2 heterocycles. The third-order valence-corrected chi connectivity index (χ3v) is 6.49. The second-order valence-electron chi connectivity index (χ2n) is 6.74. The van der Waals surface area contributed by atoms with E-state index < -0.39 is 0 Å². The van der Waals surface area contributed by atoms with E-state index in [4.69, 9.17) is 0 Å². The average Bonchev–Trinajstić information content (AvgIpc) is 3.37. The fraction of sp³-hybridized carbons (Fsp3) is 0.476. The van der Waals surface area contributed by atoms with Gasteiger partial charge in [-0.2, -0.15) is 0 Å². The topological polar surface area (TPSA) is 57.7 Å². The Balaban J connectivity index is 0.000000280. The van der Waals surface area contributed by atoms with Crippen molar-refractivity contribution in [2.45, 2.75) is 39.5 Å². The highest BCUT2D eigenvalue weighted by atomic mass is 32.1. The van der Waals surface area contributed by atoms with E-state index in [9.17, 15) is 14.4 Å². The van der Waals surface area contributed by atoms with E-state index in [2.05, 4.69) is 24.4 Å². The van der Waals surface area contributed by atoms with E-state index in [1.165, 1.54) is 23.1 Å². The first kappa shape index (κ1) is 24.0. The molecule has 7 heteroatoms. The summed E-state index contributed by atoms with van der Waals surface area (Å²) in [6.45, 7) is 6.64. The van der Waals surface area contributed by atoms with E-state index in [0.717, 1.165) is 17.8 Å². The van der Waals surface area contributed by atoms with Crippen LogP contribution in [0.25, 0.3) is 0 Å². The standard InChI is InChI=1S/C11H17NOS.C10H13NO2S/c1-9(11-5-4-8-14-11)6-7-12(3)10(2)13;1-8(12)11(2)6-5-9(13)10-4-3-7-14-10/h4-5,8-9H,6-7H2,1-3H3;3-4,7H,5-6H2,1-2H3. The maximum atomic E-state index is 11.5. The van der Waals surface area contributed by atoms with Crippen LogP contribution in [-0.4, -0.2) is 54.6 Å². The lowest BCUT2D eigenvalue weighted by Gasteiger charge is -2.17. The van der Waals surface area contributed by atoms with Crippen molar-refractivity contribution in [2.75, 3.05) is 27.2 Å². The van der Waals surface area contributed by atoms with Gasteiger partial charge in [0.15, 0.2) is 5.78 Å². The lowest BCUT2D eigenvalue weighted by molar-refractivity contribution is -0.128. The van der Waals surface area contributed by atoms with E-state index in [1.54, 1.807) is 41.2 Å². The van der Waals surface area contributed by atoms with Crippen LogP contribution in [0.1, 0.15) is 54.1 Å². The molecule has 0 saturated heterocycles. The van der Waals surface area contributed by atoms with Crippen molar-refractivity contribution >= 4 is 40.3 Å². The maximum absolute atomic E-state index is 11.5. The molecule has 1 unspecified atom stereocenters. The van der Waals surface area contributed by atoms with Gasteiger partial charge in [-0.25, -0.2) is 0 Å². The van der Waals surface area contributed by atoms with Crippen LogP contribution in [0.5, 0.6) is 0 Å². The summed E-state index contributed by atoms with van der Waals surface area (Å²) in [6, 6.07) is 7.89. The molecular weight excluding hydrogens is 392 g/mol. The van der Waals surface area contributed by atoms with Crippen LogP contribution in [-0.2, 0) is 9.59 Å². The number of ketones is 1. The monoisotopic (exact) mass is 422 g/mol. The summed E-state index contributed by atoms with van der Waals surface area (Å²) in [5, 5.41) is 3.97. The van der Waals surface area contributed by atoms with E-state index in [-0.39, 0.29) is 17.6 Å². The minimum atomic E-state index is -0.0102. The van der Waals surface area contributed by atoms with Crippen molar-refractivity contribution < 1.29 is 14.4 Å². The SMILES string of the molecule is CC(=O)N(C)CCC(=O)c1cccs1.CC(=O)N(C)CCC(C)c1cccs1.